The van der Waals surface area contributed by atoms with E-state index in [2.05, 4.69) is 19.1 Å². The highest BCUT2D eigenvalue weighted by atomic mass is 16.3. The first-order chi connectivity index (χ1) is 6.33. The van der Waals surface area contributed by atoms with Crippen molar-refractivity contribution in [1.29, 1.82) is 0 Å². The van der Waals surface area contributed by atoms with Gasteiger partial charge in [0.2, 0.25) is 0 Å². The van der Waals surface area contributed by atoms with Crippen molar-refractivity contribution in [2.24, 2.45) is 0 Å². The van der Waals surface area contributed by atoms with Gasteiger partial charge in [-0.1, -0.05) is 43.7 Å². The molecule has 0 aliphatic heterocycles. The van der Waals surface area contributed by atoms with Crippen LogP contribution in [0.3, 0.4) is 0 Å². The predicted octanol–water partition coefficient (Wildman–Crippen LogP) is 2.78. The van der Waals surface area contributed by atoms with Gasteiger partial charge in [-0.05, 0) is 24.8 Å². The highest BCUT2D eigenvalue weighted by Gasteiger charge is 2.02. The molecule has 1 nitrogen and oxygen atoms in total. The number of hydrogen-bond acceptors (Lipinski definition) is 1. The number of aryl methyl sites for hydroxylation is 1. The Labute approximate surface area is 80.4 Å². The summed E-state index contributed by atoms with van der Waals surface area (Å²) in [5, 5.41) is 9.51. The molecule has 0 spiro atoms. The van der Waals surface area contributed by atoms with E-state index in [1.807, 2.05) is 18.2 Å². The Morgan fingerprint density at radius 2 is 1.85 bits per heavy atom. The monoisotopic (exact) mass is 178 g/mol. The second-order valence-corrected chi connectivity index (χ2v) is 3.47. The first-order valence-electron chi connectivity index (χ1n) is 5.05. The lowest BCUT2D eigenvalue weighted by Crippen LogP contribution is -2.06. The number of aliphatic hydroxyl groups excluding tert-OH is 1. The SMILES string of the molecule is CCC[C@H](O)CCc1ccccc1. The van der Waals surface area contributed by atoms with Gasteiger partial charge in [0.15, 0.2) is 0 Å². The van der Waals surface area contributed by atoms with E-state index in [1.165, 1.54) is 5.56 Å². The molecule has 72 valence electrons. The van der Waals surface area contributed by atoms with Crippen molar-refractivity contribution >= 4 is 0 Å². The average Bonchev–Trinajstić information content (AvgIpc) is 2.17. The molecule has 0 amide bonds. The van der Waals surface area contributed by atoms with Crippen LogP contribution in [-0.4, -0.2) is 11.2 Å². The molecule has 0 saturated carbocycles. The summed E-state index contributed by atoms with van der Waals surface area (Å²) in [5.41, 5.74) is 1.32. The Balaban J connectivity index is 2.27. The van der Waals surface area contributed by atoms with Crippen LogP contribution < -0.4 is 0 Å². The van der Waals surface area contributed by atoms with E-state index in [1.54, 1.807) is 0 Å². The predicted molar refractivity (Wildman–Crippen MR) is 55.7 cm³/mol. The molecule has 13 heavy (non-hydrogen) atoms. The summed E-state index contributed by atoms with van der Waals surface area (Å²) < 4.78 is 0. The van der Waals surface area contributed by atoms with Crippen molar-refractivity contribution in [3.63, 3.8) is 0 Å². The van der Waals surface area contributed by atoms with Crippen LogP contribution >= 0.6 is 0 Å². The molecule has 0 radical (unpaired) electrons. The zero-order valence-corrected chi connectivity index (χ0v) is 8.24. The fourth-order valence-electron chi connectivity index (χ4n) is 1.46. The maximum Gasteiger partial charge on any atom is 0.0543 e. The third-order valence-electron chi connectivity index (χ3n) is 2.23. The Kier molecular flexibility index (Phi) is 4.55. The van der Waals surface area contributed by atoms with Gasteiger partial charge in [-0.15, -0.1) is 0 Å². The molecule has 1 heteroatoms. The van der Waals surface area contributed by atoms with Gasteiger partial charge in [0.05, 0.1) is 6.10 Å². The Morgan fingerprint density at radius 1 is 1.15 bits per heavy atom. The maximum atomic E-state index is 9.51. The summed E-state index contributed by atoms with van der Waals surface area (Å²) in [4.78, 5) is 0. The Morgan fingerprint density at radius 3 is 2.46 bits per heavy atom. The van der Waals surface area contributed by atoms with Gasteiger partial charge in [0.25, 0.3) is 0 Å². The second kappa shape index (κ2) is 5.76. The van der Waals surface area contributed by atoms with Gasteiger partial charge in [-0.25, -0.2) is 0 Å². The van der Waals surface area contributed by atoms with E-state index in [0.29, 0.717) is 0 Å². The molecule has 0 fully saturated rings. The summed E-state index contributed by atoms with van der Waals surface area (Å²) in [7, 11) is 0. The van der Waals surface area contributed by atoms with Crippen LogP contribution in [0, 0.1) is 0 Å². The van der Waals surface area contributed by atoms with Crippen LogP contribution in [0.2, 0.25) is 0 Å². The van der Waals surface area contributed by atoms with E-state index in [0.717, 1.165) is 25.7 Å². The largest absolute Gasteiger partial charge is 0.393 e. The molecular formula is C12H18O. The first-order valence-corrected chi connectivity index (χ1v) is 5.05. The van der Waals surface area contributed by atoms with Crippen molar-refractivity contribution in [3.8, 4) is 0 Å². The molecule has 1 aromatic carbocycles. The van der Waals surface area contributed by atoms with Crippen LogP contribution in [0.15, 0.2) is 30.3 Å². The van der Waals surface area contributed by atoms with Crippen LogP contribution in [-0.2, 0) is 6.42 Å². The summed E-state index contributed by atoms with van der Waals surface area (Å²) in [5.74, 6) is 0. The molecular weight excluding hydrogens is 160 g/mol. The van der Waals surface area contributed by atoms with Gasteiger partial charge >= 0.3 is 0 Å². The van der Waals surface area contributed by atoms with Crippen LogP contribution in [0.4, 0.5) is 0 Å². The maximum absolute atomic E-state index is 9.51. The second-order valence-electron chi connectivity index (χ2n) is 3.47. The minimum absolute atomic E-state index is 0.120. The van der Waals surface area contributed by atoms with E-state index >= 15 is 0 Å². The smallest absolute Gasteiger partial charge is 0.0543 e. The number of hydrogen-bond donors (Lipinski definition) is 1. The Bertz CT molecular complexity index is 218. The van der Waals surface area contributed by atoms with Gasteiger partial charge in [0, 0.05) is 0 Å². The molecule has 0 unspecified atom stereocenters. The zero-order valence-electron chi connectivity index (χ0n) is 8.24. The topological polar surface area (TPSA) is 20.2 Å². The molecule has 0 aromatic heterocycles. The lowest BCUT2D eigenvalue weighted by molar-refractivity contribution is 0.154. The minimum atomic E-state index is -0.120. The number of rotatable bonds is 5. The average molecular weight is 178 g/mol. The summed E-state index contributed by atoms with van der Waals surface area (Å²) in [6.07, 6.45) is 3.74. The Hall–Kier alpha value is -0.820. The van der Waals surface area contributed by atoms with Crippen LogP contribution in [0.25, 0.3) is 0 Å². The third kappa shape index (κ3) is 4.09. The van der Waals surface area contributed by atoms with Crippen LogP contribution in [0.5, 0.6) is 0 Å². The van der Waals surface area contributed by atoms with E-state index in [9.17, 15) is 5.11 Å². The fourth-order valence-corrected chi connectivity index (χ4v) is 1.46. The molecule has 0 aliphatic rings. The van der Waals surface area contributed by atoms with Crippen molar-refractivity contribution in [3.05, 3.63) is 35.9 Å². The lowest BCUT2D eigenvalue weighted by Gasteiger charge is -2.08. The molecule has 1 rings (SSSR count). The summed E-state index contributed by atoms with van der Waals surface area (Å²) >= 11 is 0. The van der Waals surface area contributed by atoms with Gasteiger partial charge < -0.3 is 5.11 Å². The van der Waals surface area contributed by atoms with Gasteiger partial charge in [-0.2, -0.15) is 0 Å². The molecule has 0 bridgehead atoms. The van der Waals surface area contributed by atoms with Crippen molar-refractivity contribution in [2.75, 3.05) is 0 Å². The van der Waals surface area contributed by atoms with E-state index < -0.39 is 0 Å². The molecule has 1 N–H and O–H groups in total. The minimum Gasteiger partial charge on any atom is -0.393 e. The van der Waals surface area contributed by atoms with Crippen LogP contribution in [0.1, 0.15) is 31.7 Å². The fraction of sp³-hybridized carbons (Fsp3) is 0.500. The number of aliphatic hydroxyl groups is 1. The quantitative estimate of drug-likeness (QED) is 0.735. The van der Waals surface area contributed by atoms with Crippen molar-refractivity contribution in [1.82, 2.24) is 0 Å². The summed E-state index contributed by atoms with van der Waals surface area (Å²) in [6, 6.07) is 10.3. The highest BCUT2D eigenvalue weighted by molar-refractivity contribution is 5.14. The third-order valence-corrected chi connectivity index (χ3v) is 2.23. The zero-order chi connectivity index (χ0) is 9.52. The van der Waals surface area contributed by atoms with E-state index in [4.69, 9.17) is 0 Å². The standard InChI is InChI=1S/C12H18O/c1-2-6-12(13)10-9-11-7-4-3-5-8-11/h3-5,7-8,12-13H,2,6,9-10H2,1H3/t12-/m0/s1. The molecule has 0 aliphatic carbocycles. The normalized spacial score (nSPS) is 12.8. The number of benzene rings is 1. The molecule has 1 atom stereocenters. The van der Waals surface area contributed by atoms with Gasteiger partial charge in [0.1, 0.15) is 0 Å². The van der Waals surface area contributed by atoms with Gasteiger partial charge in [-0.3, -0.25) is 0 Å². The van der Waals surface area contributed by atoms with Crippen molar-refractivity contribution < 1.29 is 5.11 Å². The van der Waals surface area contributed by atoms with Crippen molar-refractivity contribution in [2.45, 2.75) is 38.7 Å². The van der Waals surface area contributed by atoms with E-state index in [-0.39, 0.29) is 6.10 Å². The molecule has 0 saturated heterocycles. The first kappa shape index (κ1) is 10.3. The lowest BCUT2D eigenvalue weighted by atomic mass is 10.0. The molecule has 1 aromatic rings. The summed E-state index contributed by atoms with van der Waals surface area (Å²) in [6.45, 7) is 2.10. The highest BCUT2D eigenvalue weighted by Crippen LogP contribution is 2.07. The molecule has 0 heterocycles.